The SMILES string of the molecule is Cn1c(=O)n(C)c2cc(CN[C@H](Cc3ccsc3)c3nccs3)ccc21. The Labute approximate surface area is 159 Å². The molecule has 0 aliphatic rings. The number of nitrogens with one attached hydrogen (secondary N) is 1. The van der Waals surface area contributed by atoms with Crippen LogP contribution in [0.15, 0.2) is 51.4 Å². The highest BCUT2D eigenvalue weighted by Crippen LogP contribution is 2.23. The van der Waals surface area contributed by atoms with E-state index in [2.05, 4.69) is 39.3 Å². The molecule has 0 aliphatic heterocycles. The first-order valence-corrected chi connectivity index (χ1v) is 10.2. The molecule has 0 radical (unpaired) electrons. The molecule has 0 unspecified atom stereocenters. The second-order valence-electron chi connectivity index (χ2n) is 6.36. The summed E-state index contributed by atoms with van der Waals surface area (Å²) in [5.41, 5.74) is 4.40. The fourth-order valence-electron chi connectivity index (χ4n) is 3.20. The van der Waals surface area contributed by atoms with Gasteiger partial charge in [-0.1, -0.05) is 6.07 Å². The Bertz CT molecular complexity index is 1060. The van der Waals surface area contributed by atoms with Gasteiger partial charge in [-0.2, -0.15) is 11.3 Å². The Morgan fingerprint density at radius 3 is 2.69 bits per heavy atom. The fourth-order valence-corrected chi connectivity index (χ4v) is 4.60. The summed E-state index contributed by atoms with van der Waals surface area (Å²) in [5.74, 6) is 0. The minimum absolute atomic E-state index is 0.00299. The smallest absolute Gasteiger partial charge is 0.304 e. The molecule has 1 aromatic carbocycles. The van der Waals surface area contributed by atoms with Gasteiger partial charge in [-0.15, -0.1) is 11.3 Å². The van der Waals surface area contributed by atoms with E-state index in [0.717, 1.165) is 34.6 Å². The summed E-state index contributed by atoms with van der Waals surface area (Å²) < 4.78 is 3.38. The van der Waals surface area contributed by atoms with Crippen LogP contribution in [0.5, 0.6) is 0 Å². The molecule has 0 bridgehead atoms. The van der Waals surface area contributed by atoms with E-state index in [0.29, 0.717) is 0 Å². The summed E-state index contributed by atoms with van der Waals surface area (Å²) in [5, 5.41) is 11.1. The van der Waals surface area contributed by atoms with Crippen LogP contribution in [0, 0.1) is 0 Å². The van der Waals surface area contributed by atoms with E-state index in [1.54, 1.807) is 31.8 Å². The van der Waals surface area contributed by atoms with E-state index >= 15 is 0 Å². The molecule has 5 nitrogen and oxygen atoms in total. The van der Waals surface area contributed by atoms with Gasteiger partial charge in [0.2, 0.25) is 0 Å². The van der Waals surface area contributed by atoms with Gasteiger partial charge in [-0.25, -0.2) is 9.78 Å². The number of hydrogen-bond acceptors (Lipinski definition) is 5. The Morgan fingerprint density at radius 2 is 1.96 bits per heavy atom. The molecule has 7 heteroatoms. The summed E-state index contributed by atoms with van der Waals surface area (Å²) in [7, 11) is 3.62. The first-order valence-electron chi connectivity index (χ1n) is 8.41. The number of fused-ring (bicyclic) bond motifs is 1. The van der Waals surface area contributed by atoms with Crippen molar-refractivity contribution >= 4 is 33.7 Å². The van der Waals surface area contributed by atoms with Crippen LogP contribution in [0.25, 0.3) is 11.0 Å². The predicted molar refractivity (Wildman–Crippen MR) is 108 cm³/mol. The standard InChI is InChI=1S/C19H20N4OS2/c1-22-16-4-3-13(10-17(16)23(2)19(22)24)11-21-15(18-20-6-8-26-18)9-14-5-7-25-12-14/h3-8,10,12,15,21H,9,11H2,1-2H3/t15-/m1/s1. The van der Waals surface area contributed by atoms with Crippen molar-refractivity contribution < 1.29 is 0 Å². The Morgan fingerprint density at radius 1 is 1.12 bits per heavy atom. The fraction of sp³-hybridized carbons (Fsp3) is 0.263. The Kier molecular flexibility index (Phi) is 4.76. The summed E-state index contributed by atoms with van der Waals surface area (Å²) >= 11 is 3.40. The zero-order valence-electron chi connectivity index (χ0n) is 14.7. The highest BCUT2D eigenvalue weighted by atomic mass is 32.1. The van der Waals surface area contributed by atoms with Crippen LogP contribution in [-0.4, -0.2) is 14.1 Å². The van der Waals surface area contributed by atoms with Crippen LogP contribution in [-0.2, 0) is 27.1 Å². The molecule has 134 valence electrons. The van der Waals surface area contributed by atoms with Crippen LogP contribution >= 0.6 is 22.7 Å². The van der Waals surface area contributed by atoms with Crippen LogP contribution in [0.4, 0.5) is 0 Å². The molecular weight excluding hydrogens is 364 g/mol. The lowest BCUT2D eigenvalue weighted by atomic mass is 10.1. The largest absolute Gasteiger partial charge is 0.328 e. The number of nitrogens with zero attached hydrogens (tertiary/aromatic N) is 3. The first-order chi connectivity index (χ1) is 12.6. The van der Waals surface area contributed by atoms with E-state index < -0.39 is 0 Å². The van der Waals surface area contributed by atoms with Gasteiger partial charge in [0.05, 0.1) is 17.1 Å². The molecule has 0 saturated carbocycles. The van der Waals surface area contributed by atoms with Gasteiger partial charge in [0, 0.05) is 32.2 Å². The van der Waals surface area contributed by atoms with Crippen molar-refractivity contribution in [3.63, 3.8) is 0 Å². The van der Waals surface area contributed by atoms with E-state index in [1.165, 1.54) is 5.56 Å². The number of aryl methyl sites for hydroxylation is 2. The number of hydrogen-bond donors (Lipinski definition) is 1. The lowest BCUT2D eigenvalue weighted by molar-refractivity contribution is 0.528. The second kappa shape index (κ2) is 7.19. The lowest BCUT2D eigenvalue weighted by Crippen LogP contribution is -2.22. The third-order valence-electron chi connectivity index (χ3n) is 4.66. The lowest BCUT2D eigenvalue weighted by Gasteiger charge is -2.16. The molecule has 0 spiro atoms. The van der Waals surface area contributed by atoms with Crippen LogP contribution < -0.4 is 11.0 Å². The third kappa shape index (κ3) is 3.25. The van der Waals surface area contributed by atoms with E-state index in [1.807, 2.05) is 31.7 Å². The average Bonchev–Trinajstić information content (AvgIpc) is 3.39. The van der Waals surface area contributed by atoms with Crippen LogP contribution in [0.1, 0.15) is 22.2 Å². The number of thiophene rings is 1. The van der Waals surface area contributed by atoms with Crippen molar-refractivity contribution in [3.8, 4) is 0 Å². The van der Waals surface area contributed by atoms with Crippen molar-refractivity contribution in [3.05, 3.63) is 73.2 Å². The van der Waals surface area contributed by atoms with E-state index in [-0.39, 0.29) is 11.7 Å². The summed E-state index contributed by atoms with van der Waals surface area (Å²) in [6.07, 6.45) is 2.77. The quantitative estimate of drug-likeness (QED) is 0.554. The highest BCUT2D eigenvalue weighted by molar-refractivity contribution is 7.09. The van der Waals surface area contributed by atoms with Gasteiger partial charge >= 0.3 is 5.69 Å². The van der Waals surface area contributed by atoms with E-state index in [4.69, 9.17) is 0 Å². The van der Waals surface area contributed by atoms with Crippen molar-refractivity contribution in [1.29, 1.82) is 0 Å². The topological polar surface area (TPSA) is 51.9 Å². The predicted octanol–water partition coefficient (Wildman–Crippen LogP) is 3.47. The minimum atomic E-state index is 0.00299. The van der Waals surface area contributed by atoms with Gasteiger partial charge in [0.1, 0.15) is 5.01 Å². The van der Waals surface area contributed by atoms with Crippen molar-refractivity contribution in [1.82, 2.24) is 19.4 Å². The summed E-state index contributed by atoms with van der Waals surface area (Å²) in [4.78, 5) is 16.6. The summed E-state index contributed by atoms with van der Waals surface area (Å²) in [6, 6.07) is 8.54. The van der Waals surface area contributed by atoms with Gasteiger partial charge in [0.25, 0.3) is 0 Å². The van der Waals surface area contributed by atoms with Crippen LogP contribution in [0.2, 0.25) is 0 Å². The minimum Gasteiger partial charge on any atom is -0.304 e. The van der Waals surface area contributed by atoms with Crippen LogP contribution in [0.3, 0.4) is 0 Å². The molecule has 4 aromatic rings. The maximum absolute atomic E-state index is 12.1. The second-order valence-corrected chi connectivity index (χ2v) is 8.07. The number of rotatable bonds is 6. The van der Waals surface area contributed by atoms with Gasteiger partial charge in [-0.3, -0.25) is 9.13 Å². The molecule has 0 amide bonds. The zero-order valence-corrected chi connectivity index (χ0v) is 16.3. The maximum atomic E-state index is 12.1. The highest BCUT2D eigenvalue weighted by Gasteiger charge is 2.15. The molecular formula is C19H20N4OS2. The molecule has 1 N–H and O–H groups in total. The molecule has 3 heterocycles. The average molecular weight is 385 g/mol. The number of benzene rings is 1. The molecule has 3 aromatic heterocycles. The van der Waals surface area contributed by atoms with Crippen molar-refractivity contribution in [2.75, 3.05) is 0 Å². The number of aromatic nitrogens is 3. The Balaban J connectivity index is 1.56. The number of thiazole rings is 1. The molecule has 0 saturated heterocycles. The van der Waals surface area contributed by atoms with Gasteiger partial charge in [0.15, 0.2) is 0 Å². The normalized spacial score (nSPS) is 12.7. The molecule has 0 aliphatic carbocycles. The van der Waals surface area contributed by atoms with Gasteiger partial charge < -0.3 is 5.32 Å². The molecule has 0 fully saturated rings. The van der Waals surface area contributed by atoms with Gasteiger partial charge in [-0.05, 0) is 46.5 Å². The monoisotopic (exact) mass is 384 g/mol. The number of imidazole rings is 1. The summed E-state index contributed by atoms with van der Waals surface area (Å²) in [6.45, 7) is 0.730. The Hall–Kier alpha value is -2.22. The first kappa shape index (κ1) is 17.2. The molecule has 1 atom stereocenters. The van der Waals surface area contributed by atoms with Crippen molar-refractivity contribution in [2.45, 2.75) is 19.0 Å². The third-order valence-corrected chi connectivity index (χ3v) is 6.28. The van der Waals surface area contributed by atoms with Crippen molar-refractivity contribution in [2.24, 2.45) is 14.1 Å². The zero-order chi connectivity index (χ0) is 18.1. The molecule has 26 heavy (non-hydrogen) atoms. The van der Waals surface area contributed by atoms with E-state index in [9.17, 15) is 4.79 Å². The maximum Gasteiger partial charge on any atom is 0.328 e. The molecule has 4 rings (SSSR count).